The molecule has 1 N–H and O–H groups in total. The Bertz CT molecular complexity index is 514. The number of carbonyl (C=O) groups excluding carboxylic acids is 2. The van der Waals surface area contributed by atoms with Gasteiger partial charge in [0, 0.05) is 18.5 Å². The van der Waals surface area contributed by atoms with E-state index in [-0.39, 0.29) is 18.9 Å². The van der Waals surface area contributed by atoms with Crippen LogP contribution in [0.1, 0.15) is 30.9 Å². The molecular weight excluding hydrogens is 246 g/mol. The third-order valence-electron chi connectivity index (χ3n) is 3.35. The van der Waals surface area contributed by atoms with Crippen LogP contribution in [0.4, 0.5) is 0 Å². The molecule has 1 unspecified atom stereocenters. The molecule has 0 saturated carbocycles. The average Bonchev–Trinajstić information content (AvgIpc) is 2.73. The second-order valence-electron chi connectivity index (χ2n) is 4.55. The monoisotopic (exact) mass is 263 g/mol. The van der Waals surface area contributed by atoms with Crippen molar-refractivity contribution in [2.24, 2.45) is 0 Å². The molecule has 0 saturated heterocycles. The molecule has 19 heavy (non-hydrogen) atoms. The lowest BCUT2D eigenvalue weighted by Crippen LogP contribution is -2.51. The highest BCUT2D eigenvalue weighted by Gasteiger charge is 2.52. The average molecular weight is 263 g/mol. The molecule has 5 heteroatoms. The Balaban J connectivity index is 2.48. The fraction of sp³-hybridized carbons (Fsp3) is 0.429. The number of rotatable bonds is 3. The minimum Gasteiger partial charge on any atom is -0.465 e. The van der Waals surface area contributed by atoms with Gasteiger partial charge in [0.2, 0.25) is 5.91 Å². The molecule has 0 bridgehead atoms. The minimum absolute atomic E-state index is 0.223. The predicted molar refractivity (Wildman–Crippen MR) is 67.8 cm³/mol. The summed E-state index contributed by atoms with van der Waals surface area (Å²) < 4.78 is 4.67. The van der Waals surface area contributed by atoms with Crippen LogP contribution in [0.25, 0.3) is 0 Å². The largest absolute Gasteiger partial charge is 0.465 e. The number of aliphatic hydroxyl groups is 1. The van der Waals surface area contributed by atoms with Crippen molar-refractivity contribution in [2.45, 2.75) is 32.0 Å². The SMILES string of the molecule is CCCC(=O)N1Cc2ccccc2C1(O)C(=O)OC. The molecule has 0 aromatic heterocycles. The van der Waals surface area contributed by atoms with Crippen molar-refractivity contribution in [3.05, 3.63) is 35.4 Å². The maximum Gasteiger partial charge on any atom is 0.364 e. The van der Waals surface area contributed by atoms with Crippen molar-refractivity contribution in [1.82, 2.24) is 4.90 Å². The van der Waals surface area contributed by atoms with Gasteiger partial charge in [-0.2, -0.15) is 0 Å². The molecular formula is C14H17NO4. The highest BCUT2D eigenvalue weighted by molar-refractivity contribution is 5.89. The van der Waals surface area contributed by atoms with Gasteiger partial charge >= 0.3 is 5.97 Å². The van der Waals surface area contributed by atoms with E-state index in [1.807, 2.05) is 13.0 Å². The molecule has 5 nitrogen and oxygen atoms in total. The van der Waals surface area contributed by atoms with Gasteiger partial charge in [-0.25, -0.2) is 4.79 Å². The van der Waals surface area contributed by atoms with Crippen molar-refractivity contribution in [3.63, 3.8) is 0 Å². The summed E-state index contributed by atoms with van der Waals surface area (Å²) in [5.74, 6) is -1.09. The number of ether oxygens (including phenoxy) is 1. The van der Waals surface area contributed by atoms with Gasteiger partial charge in [-0.15, -0.1) is 0 Å². The van der Waals surface area contributed by atoms with E-state index in [9.17, 15) is 14.7 Å². The van der Waals surface area contributed by atoms with Gasteiger partial charge in [-0.3, -0.25) is 9.69 Å². The number of carbonyl (C=O) groups is 2. The molecule has 0 spiro atoms. The van der Waals surface area contributed by atoms with E-state index >= 15 is 0 Å². The summed E-state index contributed by atoms with van der Waals surface area (Å²) in [6.07, 6.45) is 0.941. The van der Waals surface area contributed by atoms with E-state index < -0.39 is 11.7 Å². The van der Waals surface area contributed by atoms with Crippen LogP contribution < -0.4 is 0 Å². The molecule has 102 valence electrons. The number of hydrogen-bond donors (Lipinski definition) is 1. The van der Waals surface area contributed by atoms with Gasteiger partial charge in [-0.1, -0.05) is 31.2 Å². The first kappa shape index (κ1) is 13.5. The van der Waals surface area contributed by atoms with Gasteiger partial charge in [0.25, 0.3) is 5.72 Å². The van der Waals surface area contributed by atoms with Crippen LogP contribution in [0.2, 0.25) is 0 Å². The second kappa shape index (κ2) is 5.01. The normalized spacial score (nSPS) is 21.1. The van der Waals surface area contributed by atoms with E-state index in [1.54, 1.807) is 18.2 Å². The predicted octanol–water partition coefficient (Wildman–Crippen LogP) is 1.15. The lowest BCUT2D eigenvalue weighted by Gasteiger charge is -2.31. The fourth-order valence-corrected chi connectivity index (χ4v) is 2.41. The van der Waals surface area contributed by atoms with Gasteiger partial charge < -0.3 is 9.84 Å². The summed E-state index contributed by atoms with van der Waals surface area (Å²) in [6, 6.07) is 6.97. The zero-order chi connectivity index (χ0) is 14.0. The number of nitrogens with zero attached hydrogens (tertiary/aromatic N) is 1. The molecule has 1 aromatic rings. The van der Waals surface area contributed by atoms with E-state index in [1.165, 1.54) is 12.0 Å². The van der Waals surface area contributed by atoms with Crippen LogP contribution >= 0.6 is 0 Å². The van der Waals surface area contributed by atoms with Crippen molar-refractivity contribution in [1.29, 1.82) is 0 Å². The number of fused-ring (bicyclic) bond motifs is 1. The molecule has 1 atom stereocenters. The maximum atomic E-state index is 12.1. The molecule has 1 amide bonds. The Morgan fingerprint density at radius 1 is 1.42 bits per heavy atom. The number of benzene rings is 1. The van der Waals surface area contributed by atoms with E-state index in [0.29, 0.717) is 12.0 Å². The van der Waals surface area contributed by atoms with Gasteiger partial charge in [0.05, 0.1) is 7.11 Å². The first-order chi connectivity index (χ1) is 9.05. The van der Waals surface area contributed by atoms with Gasteiger partial charge in [0.1, 0.15) is 0 Å². The second-order valence-corrected chi connectivity index (χ2v) is 4.55. The molecule has 1 aromatic carbocycles. The van der Waals surface area contributed by atoms with Crippen LogP contribution in [0.15, 0.2) is 24.3 Å². The van der Waals surface area contributed by atoms with E-state index in [2.05, 4.69) is 4.74 Å². The number of methoxy groups -OCH3 is 1. The van der Waals surface area contributed by atoms with Crippen molar-refractivity contribution in [2.75, 3.05) is 7.11 Å². The zero-order valence-corrected chi connectivity index (χ0v) is 11.0. The maximum absolute atomic E-state index is 12.1. The van der Waals surface area contributed by atoms with Crippen molar-refractivity contribution in [3.8, 4) is 0 Å². The van der Waals surface area contributed by atoms with E-state index in [4.69, 9.17) is 0 Å². The summed E-state index contributed by atoms with van der Waals surface area (Å²) >= 11 is 0. The fourth-order valence-electron chi connectivity index (χ4n) is 2.41. The third-order valence-corrected chi connectivity index (χ3v) is 3.35. The van der Waals surface area contributed by atoms with Crippen LogP contribution in [-0.2, 0) is 26.6 Å². The molecule has 1 aliphatic rings. The van der Waals surface area contributed by atoms with Crippen LogP contribution in [-0.4, -0.2) is 29.0 Å². The summed E-state index contributed by atoms with van der Waals surface area (Å²) in [5, 5.41) is 10.7. The molecule has 1 aliphatic heterocycles. The highest BCUT2D eigenvalue weighted by Crippen LogP contribution is 2.38. The first-order valence-corrected chi connectivity index (χ1v) is 6.25. The Hall–Kier alpha value is -1.88. The molecule has 0 fully saturated rings. The quantitative estimate of drug-likeness (QED) is 0.831. The Labute approximate surface area is 111 Å². The lowest BCUT2D eigenvalue weighted by molar-refractivity contribution is -0.192. The lowest BCUT2D eigenvalue weighted by atomic mass is 10.0. The molecule has 0 radical (unpaired) electrons. The Morgan fingerprint density at radius 3 is 2.74 bits per heavy atom. The topological polar surface area (TPSA) is 66.8 Å². The minimum atomic E-state index is -2.00. The molecule has 1 heterocycles. The summed E-state index contributed by atoms with van der Waals surface area (Å²) in [4.78, 5) is 25.2. The number of esters is 1. The van der Waals surface area contributed by atoms with E-state index in [0.717, 1.165) is 5.56 Å². The number of amides is 1. The van der Waals surface area contributed by atoms with Gasteiger partial charge in [0.15, 0.2) is 0 Å². The Morgan fingerprint density at radius 2 is 2.11 bits per heavy atom. The van der Waals surface area contributed by atoms with Crippen LogP contribution in [0.5, 0.6) is 0 Å². The Kier molecular flexibility index (Phi) is 3.57. The first-order valence-electron chi connectivity index (χ1n) is 6.25. The zero-order valence-electron chi connectivity index (χ0n) is 11.0. The highest BCUT2D eigenvalue weighted by atomic mass is 16.5. The summed E-state index contributed by atoms with van der Waals surface area (Å²) in [7, 11) is 1.20. The van der Waals surface area contributed by atoms with Crippen LogP contribution in [0, 0.1) is 0 Å². The van der Waals surface area contributed by atoms with Gasteiger partial charge in [-0.05, 0) is 12.0 Å². The summed E-state index contributed by atoms with van der Waals surface area (Å²) in [5.41, 5.74) is -0.816. The van der Waals surface area contributed by atoms with Crippen LogP contribution in [0.3, 0.4) is 0 Å². The van der Waals surface area contributed by atoms with Crippen molar-refractivity contribution >= 4 is 11.9 Å². The molecule has 2 rings (SSSR count). The molecule has 0 aliphatic carbocycles. The standard InChI is InChI=1S/C14H17NO4/c1-3-6-12(16)15-9-10-7-4-5-8-11(10)14(15,18)13(17)19-2/h4-5,7-8,18H,3,6,9H2,1-2H3. The smallest absolute Gasteiger partial charge is 0.364 e. The number of hydrogen-bond acceptors (Lipinski definition) is 4. The third kappa shape index (κ3) is 2.00. The van der Waals surface area contributed by atoms with Crippen molar-refractivity contribution < 1.29 is 19.4 Å². The summed E-state index contributed by atoms with van der Waals surface area (Å²) in [6.45, 7) is 2.10.